The number of nitrogens with zero attached hydrogens (tertiary/aromatic N) is 2. The number of hydrogen-bond donors (Lipinski definition) is 1. The summed E-state index contributed by atoms with van der Waals surface area (Å²) in [6.07, 6.45) is 2.63. The summed E-state index contributed by atoms with van der Waals surface area (Å²) in [5.41, 5.74) is 0.577. The Hall–Kier alpha value is -2.55. The van der Waals surface area contributed by atoms with E-state index in [0.29, 0.717) is 24.7 Å². The van der Waals surface area contributed by atoms with Gasteiger partial charge in [-0.3, -0.25) is 9.52 Å². The molecule has 6 nitrogen and oxygen atoms in total. The van der Waals surface area contributed by atoms with Crippen LogP contribution in [0.25, 0.3) is 0 Å². The van der Waals surface area contributed by atoms with Crippen molar-refractivity contribution in [1.82, 2.24) is 4.98 Å². The van der Waals surface area contributed by atoms with Crippen LogP contribution in [0.1, 0.15) is 12.8 Å². The molecule has 1 fully saturated rings. The second-order valence-electron chi connectivity index (χ2n) is 5.23. The average Bonchev–Trinajstić information content (AvgIpc) is 2.96. The lowest BCUT2D eigenvalue weighted by molar-refractivity contribution is -0.117. The predicted molar refractivity (Wildman–Crippen MR) is 83.0 cm³/mol. The van der Waals surface area contributed by atoms with Crippen LogP contribution in [-0.4, -0.2) is 25.9 Å². The van der Waals surface area contributed by atoms with Crippen molar-refractivity contribution in [2.24, 2.45) is 0 Å². The van der Waals surface area contributed by atoms with Gasteiger partial charge in [0.15, 0.2) is 11.6 Å². The minimum absolute atomic E-state index is 0.00748. The van der Waals surface area contributed by atoms with E-state index in [1.54, 1.807) is 11.0 Å². The molecule has 24 heavy (non-hydrogen) atoms. The molecular weight excluding hydrogens is 340 g/mol. The van der Waals surface area contributed by atoms with E-state index in [-0.39, 0.29) is 11.7 Å². The van der Waals surface area contributed by atoms with E-state index < -0.39 is 26.6 Å². The van der Waals surface area contributed by atoms with Gasteiger partial charge >= 0.3 is 0 Å². The lowest BCUT2D eigenvalue weighted by atomic mass is 10.3. The molecule has 0 radical (unpaired) electrons. The zero-order chi connectivity index (χ0) is 17.3. The first-order valence-electron chi connectivity index (χ1n) is 7.11. The summed E-state index contributed by atoms with van der Waals surface area (Å²) in [7, 11) is -4.09. The van der Waals surface area contributed by atoms with Gasteiger partial charge in [-0.2, -0.15) is 0 Å². The van der Waals surface area contributed by atoms with Gasteiger partial charge in [0.2, 0.25) is 5.91 Å². The Balaban J connectivity index is 1.80. The van der Waals surface area contributed by atoms with E-state index in [1.165, 1.54) is 12.3 Å². The molecular formula is C15H13F2N3O3S. The average molecular weight is 353 g/mol. The molecule has 0 bridgehead atoms. The second kappa shape index (κ2) is 6.16. The van der Waals surface area contributed by atoms with Gasteiger partial charge < -0.3 is 4.90 Å². The fourth-order valence-electron chi connectivity index (χ4n) is 2.37. The molecule has 1 saturated heterocycles. The van der Waals surface area contributed by atoms with Gasteiger partial charge in [-0.25, -0.2) is 22.2 Å². The maximum atomic E-state index is 13.2. The number of nitrogens with one attached hydrogen (secondary N) is 1. The molecule has 2 heterocycles. The SMILES string of the molecule is O=C1CCCN1c1ccc(NS(=O)(=O)c2ccc(F)c(F)c2)nc1. The highest BCUT2D eigenvalue weighted by Gasteiger charge is 2.22. The van der Waals surface area contributed by atoms with E-state index in [0.717, 1.165) is 18.6 Å². The third-order valence-corrected chi connectivity index (χ3v) is 4.93. The van der Waals surface area contributed by atoms with Gasteiger partial charge in [0.1, 0.15) is 5.82 Å². The topological polar surface area (TPSA) is 79.4 Å². The smallest absolute Gasteiger partial charge is 0.263 e. The zero-order valence-corrected chi connectivity index (χ0v) is 13.2. The van der Waals surface area contributed by atoms with Gasteiger partial charge in [0.25, 0.3) is 10.0 Å². The molecule has 1 amide bonds. The fourth-order valence-corrected chi connectivity index (χ4v) is 3.39. The minimum Gasteiger partial charge on any atom is -0.311 e. The van der Waals surface area contributed by atoms with Crippen LogP contribution in [0.2, 0.25) is 0 Å². The van der Waals surface area contributed by atoms with E-state index in [9.17, 15) is 22.0 Å². The van der Waals surface area contributed by atoms with Crippen molar-refractivity contribution in [3.63, 3.8) is 0 Å². The number of hydrogen-bond acceptors (Lipinski definition) is 4. The van der Waals surface area contributed by atoms with Gasteiger partial charge in [-0.05, 0) is 36.8 Å². The summed E-state index contributed by atoms with van der Waals surface area (Å²) in [5, 5.41) is 0. The largest absolute Gasteiger partial charge is 0.311 e. The van der Waals surface area contributed by atoms with Crippen molar-refractivity contribution in [2.45, 2.75) is 17.7 Å². The summed E-state index contributed by atoms with van der Waals surface area (Å²) < 4.78 is 52.6. The molecule has 2 aromatic rings. The predicted octanol–water partition coefficient (Wildman–Crippen LogP) is 2.29. The fraction of sp³-hybridized carbons (Fsp3) is 0.200. The number of pyridine rings is 1. The Morgan fingerprint density at radius 1 is 1.12 bits per heavy atom. The van der Waals surface area contributed by atoms with Crippen LogP contribution in [0.5, 0.6) is 0 Å². The van der Waals surface area contributed by atoms with Crippen molar-refractivity contribution in [3.05, 3.63) is 48.2 Å². The van der Waals surface area contributed by atoms with E-state index in [1.807, 2.05) is 0 Å². The van der Waals surface area contributed by atoms with E-state index in [2.05, 4.69) is 9.71 Å². The summed E-state index contributed by atoms with van der Waals surface area (Å²) in [6, 6.07) is 5.25. The summed E-state index contributed by atoms with van der Waals surface area (Å²) in [4.78, 5) is 16.8. The molecule has 1 aliphatic heterocycles. The Morgan fingerprint density at radius 3 is 2.50 bits per heavy atom. The van der Waals surface area contributed by atoms with Gasteiger partial charge in [-0.1, -0.05) is 0 Å². The standard InChI is InChI=1S/C15H13F2N3O3S/c16-12-5-4-11(8-13(12)17)24(22,23)19-14-6-3-10(9-18-14)20-7-1-2-15(20)21/h3-6,8-9H,1-2,7H2,(H,18,19). The quantitative estimate of drug-likeness (QED) is 0.915. The number of benzene rings is 1. The van der Waals surface area contributed by atoms with Crippen LogP contribution in [0.4, 0.5) is 20.3 Å². The number of rotatable bonds is 4. The molecule has 3 rings (SSSR count). The normalized spacial score (nSPS) is 14.9. The Morgan fingerprint density at radius 2 is 1.92 bits per heavy atom. The molecule has 1 aliphatic rings. The van der Waals surface area contributed by atoms with Gasteiger partial charge in [-0.15, -0.1) is 0 Å². The Labute approximate surface area is 137 Å². The third-order valence-electron chi connectivity index (χ3n) is 3.57. The van der Waals surface area contributed by atoms with Crippen molar-refractivity contribution < 1.29 is 22.0 Å². The first-order chi connectivity index (χ1) is 11.4. The Bertz CT molecular complexity index is 885. The van der Waals surface area contributed by atoms with Crippen LogP contribution in [0.3, 0.4) is 0 Å². The molecule has 126 valence electrons. The van der Waals surface area contributed by atoms with Crippen LogP contribution >= 0.6 is 0 Å². The maximum absolute atomic E-state index is 13.2. The van der Waals surface area contributed by atoms with Crippen molar-refractivity contribution in [2.75, 3.05) is 16.2 Å². The highest BCUT2D eigenvalue weighted by Crippen LogP contribution is 2.22. The highest BCUT2D eigenvalue weighted by molar-refractivity contribution is 7.92. The van der Waals surface area contributed by atoms with Gasteiger partial charge in [0, 0.05) is 13.0 Å². The molecule has 1 aromatic carbocycles. The summed E-state index contributed by atoms with van der Waals surface area (Å²) >= 11 is 0. The molecule has 0 saturated carbocycles. The number of halogens is 2. The highest BCUT2D eigenvalue weighted by atomic mass is 32.2. The van der Waals surface area contributed by atoms with Crippen LogP contribution in [0.15, 0.2) is 41.4 Å². The minimum atomic E-state index is -4.09. The lowest BCUT2D eigenvalue weighted by Gasteiger charge is -2.15. The number of sulfonamides is 1. The molecule has 9 heteroatoms. The van der Waals surface area contributed by atoms with Crippen LogP contribution in [0, 0.1) is 11.6 Å². The molecule has 0 unspecified atom stereocenters. The zero-order valence-electron chi connectivity index (χ0n) is 12.4. The molecule has 0 spiro atoms. The van der Waals surface area contributed by atoms with Crippen LogP contribution < -0.4 is 9.62 Å². The monoisotopic (exact) mass is 353 g/mol. The molecule has 0 atom stereocenters. The van der Waals surface area contributed by atoms with Crippen molar-refractivity contribution in [3.8, 4) is 0 Å². The van der Waals surface area contributed by atoms with Crippen molar-refractivity contribution >= 4 is 27.4 Å². The van der Waals surface area contributed by atoms with E-state index in [4.69, 9.17) is 0 Å². The molecule has 1 aromatic heterocycles. The van der Waals surface area contributed by atoms with Crippen LogP contribution in [-0.2, 0) is 14.8 Å². The van der Waals surface area contributed by atoms with Gasteiger partial charge in [0.05, 0.1) is 16.8 Å². The summed E-state index contributed by atoms with van der Waals surface area (Å²) in [6.45, 7) is 0.598. The number of carbonyl (C=O) groups excluding carboxylic acids is 1. The first kappa shape index (κ1) is 16.3. The van der Waals surface area contributed by atoms with Crippen molar-refractivity contribution in [1.29, 1.82) is 0 Å². The first-order valence-corrected chi connectivity index (χ1v) is 8.59. The number of carbonyl (C=O) groups is 1. The Kier molecular flexibility index (Phi) is 4.18. The molecule has 1 N–H and O–H groups in total. The summed E-state index contributed by atoms with van der Waals surface area (Å²) in [5.74, 6) is -2.39. The molecule has 0 aliphatic carbocycles. The number of aromatic nitrogens is 1. The number of anilines is 2. The maximum Gasteiger partial charge on any atom is 0.263 e. The second-order valence-corrected chi connectivity index (χ2v) is 6.91. The third kappa shape index (κ3) is 3.21. The number of amides is 1. The lowest BCUT2D eigenvalue weighted by Crippen LogP contribution is -2.23. The van der Waals surface area contributed by atoms with E-state index >= 15 is 0 Å².